The van der Waals surface area contributed by atoms with Gasteiger partial charge in [0.25, 0.3) is 0 Å². The zero-order valence-electron chi connectivity index (χ0n) is 19.6. The van der Waals surface area contributed by atoms with Crippen LogP contribution < -0.4 is 15.4 Å². The number of hydrogen-bond acceptors (Lipinski definition) is 5. The summed E-state index contributed by atoms with van der Waals surface area (Å²) in [5.74, 6) is -0.0732. The third-order valence-corrected chi connectivity index (χ3v) is 5.27. The molecule has 1 fully saturated rings. The molecule has 1 aliphatic heterocycles. The first-order chi connectivity index (χ1) is 15.6. The Hall–Kier alpha value is -3.13. The van der Waals surface area contributed by atoms with E-state index in [0.717, 1.165) is 24.9 Å². The van der Waals surface area contributed by atoms with Crippen LogP contribution in [0.3, 0.4) is 0 Å². The first-order valence-electron chi connectivity index (χ1n) is 11.1. The minimum absolute atomic E-state index is 0.0904. The molecule has 8 heteroatoms. The Morgan fingerprint density at radius 2 is 1.94 bits per heavy atom. The molecular weight excluding hydrogens is 425 g/mol. The Morgan fingerprint density at radius 1 is 1.15 bits per heavy atom. The van der Waals surface area contributed by atoms with Crippen molar-refractivity contribution >= 4 is 23.4 Å². The number of methoxy groups -OCH3 is 1. The lowest BCUT2D eigenvalue weighted by molar-refractivity contribution is -0.121. The van der Waals surface area contributed by atoms with Crippen LogP contribution in [0.5, 0.6) is 5.75 Å². The number of benzene rings is 2. The summed E-state index contributed by atoms with van der Waals surface area (Å²) in [5.41, 5.74) is 1.21. The van der Waals surface area contributed by atoms with Crippen molar-refractivity contribution < 1.29 is 23.5 Å². The molecule has 0 aromatic heterocycles. The highest BCUT2D eigenvalue weighted by Crippen LogP contribution is 2.29. The van der Waals surface area contributed by atoms with E-state index in [-0.39, 0.29) is 17.6 Å². The SMILES string of the molecule is COc1ccc(NC(=O)C2CCCN(Cc3cccc(F)c3)C2)cc1NC(=O)OC(C)(C)C. The maximum atomic E-state index is 13.5. The summed E-state index contributed by atoms with van der Waals surface area (Å²) in [6.45, 7) is 7.41. The van der Waals surface area contributed by atoms with Gasteiger partial charge in [-0.25, -0.2) is 9.18 Å². The number of carbonyl (C=O) groups excluding carboxylic acids is 2. The van der Waals surface area contributed by atoms with Crippen LogP contribution in [0.4, 0.5) is 20.6 Å². The van der Waals surface area contributed by atoms with Gasteiger partial charge in [0.05, 0.1) is 18.7 Å². The van der Waals surface area contributed by atoms with Crippen molar-refractivity contribution in [2.24, 2.45) is 5.92 Å². The van der Waals surface area contributed by atoms with Gasteiger partial charge >= 0.3 is 6.09 Å². The maximum Gasteiger partial charge on any atom is 0.412 e. The number of amides is 2. The van der Waals surface area contributed by atoms with Gasteiger partial charge in [-0.05, 0) is 76.1 Å². The van der Waals surface area contributed by atoms with E-state index in [1.165, 1.54) is 19.2 Å². The number of anilines is 2. The molecule has 1 aliphatic rings. The second-order valence-corrected chi connectivity index (χ2v) is 9.24. The number of ether oxygens (including phenoxy) is 2. The summed E-state index contributed by atoms with van der Waals surface area (Å²) in [6.07, 6.45) is 1.07. The van der Waals surface area contributed by atoms with Gasteiger partial charge < -0.3 is 14.8 Å². The van der Waals surface area contributed by atoms with Crippen LogP contribution in [0.2, 0.25) is 0 Å². The van der Waals surface area contributed by atoms with Crippen LogP contribution in [0.15, 0.2) is 42.5 Å². The molecule has 1 saturated heterocycles. The first-order valence-corrected chi connectivity index (χ1v) is 11.1. The predicted octanol–water partition coefficient (Wildman–Crippen LogP) is 5.03. The number of nitrogens with one attached hydrogen (secondary N) is 2. The van der Waals surface area contributed by atoms with Crippen molar-refractivity contribution in [3.63, 3.8) is 0 Å². The molecule has 0 bridgehead atoms. The molecule has 0 saturated carbocycles. The van der Waals surface area contributed by atoms with Crippen LogP contribution in [0.25, 0.3) is 0 Å². The minimum Gasteiger partial charge on any atom is -0.495 e. The molecular formula is C25H32FN3O4. The molecule has 178 valence electrons. The van der Waals surface area contributed by atoms with Crippen molar-refractivity contribution in [1.29, 1.82) is 0 Å². The Morgan fingerprint density at radius 3 is 2.64 bits per heavy atom. The molecule has 0 spiro atoms. The topological polar surface area (TPSA) is 79.9 Å². The molecule has 3 rings (SSSR count). The number of likely N-dealkylation sites (tertiary alicyclic amines) is 1. The van der Waals surface area contributed by atoms with Crippen molar-refractivity contribution in [2.45, 2.75) is 45.8 Å². The van der Waals surface area contributed by atoms with E-state index >= 15 is 0 Å². The van der Waals surface area contributed by atoms with Crippen LogP contribution in [-0.4, -0.2) is 42.7 Å². The molecule has 7 nitrogen and oxygen atoms in total. The van der Waals surface area contributed by atoms with E-state index in [2.05, 4.69) is 15.5 Å². The van der Waals surface area contributed by atoms with Crippen LogP contribution in [0, 0.1) is 11.7 Å². The van der Waals surface area contributed by atoms with E-state index in [1.807, 2.05) is 6.07 Å². The quantitative estimate of drug-likeness (QED) is 0.636. The molecule has 1 atom stereocenters. The lowest BCUT2D eigenvalue weighted by Crippen LogP contribution is -2.40. The average Bonchev–Trinajstić information content (AvgIpc) is 2.73. The van der Waals surface area contributed by atoms with Gasteiger partial charge in [0.1, 0.15) is 17.2 Å². The fraction of sp³-hybridized carbons (Fsp3) is 0.440. The second kappa shape index (κ2) is 10.7. The molecule has 1 heterocycles. The highest BCUT2D eigenvalue weighted by molar-refractivity contribution is 5.95. The third kappa shape index (κ3) is 7.46. The number of nitrogens with zero attached hydrogens (tertiary/aromatic N) is 1. The van der Waals surface area contributed by atoms with Crippen molar-refractivity contribution in [2.75, 3.05) is 30.8 Å². The van der Waals surface area contributed by atoms with Gasteiger partial charge in [-0.3, -0.25) is 15.0 Å². The summed E-state index contributed by atoms with van der Waals surface area (Å²) >= 11 is 0. The van der Waals surface area contributed by atoms with Gasteiger partial charge in [-0.15, -0.1) is 0 Å². The summed E-state index contributed by atoms with van der Waals surface area (Å²) in [5, 5.41) is 5.62. The Bertz CT molecular complexity index is 990. The van der Waals surface area contributed by atoms with Gasteiger partial charge in [0, 0.05) is 18.8 Å². The number of halogens is 1. The average molecular weight is 458 g/mol. The van der Waals surface area contributed by atoms with Crippen molar-refractivity contribution in [1.82, 2.24) is 4.90 Å². The van der Waals surface area contributed by atoms with Crippen LogP contribution in [-0.2, 0) is 16.1 Å². The number of rotatable bonds is 6. The highest BCUT2D eigenvalue weighted by atomic mass is 19.1. The standard InChI is InChI=1S/C25H32FN3O4/c1-25(2,3)33-24(31)28-21-14-20(10-11-22(21)32-4)27-23(30)18-8-6-12-29(16-18)15-17-7-5-9-19(26)13-17/h5,7,9-11,13-14,18H,6,8,12,15-16H2,1-4H3,(H,27,30)(H,28,31). The number of hydrogen-bond donors (Lipinski definition) is 2. The molecule has 0 radical (unpaired) electrons. The lowest BCUT2D eigenvalue weighted by atomic mass is 9.96. The predicted molar refractivity (Wildman–Crippen MR) is 126 cm³/mol. The van der Waals surface area contributed by atoms with Gasteiger partial charge in [0.2, 0.25) is 5.91 Å². The lowest BCUT2D eigenvalue weighted by Gasteiger charge is -2.32. The Balaban J connectivity index is 1.63. The van der Waals surface area contributed by atoms with Crippen molar-refractivity contribution in [3.05, 3.63) is 53.8 Å². The van der Waals surface area contributed by atoms with Crippen molar-refractivity contribution in [3.8, 4) is 5.75 Å². The Kier molecular flexibility index (Phi) is 7.92. The van der Waals surface area contributed by atoms with E-state index in [4.69, 9.17) is 9.47 Å². The molecule has 0 aliphatic carbocycles. The zero-order valence-corrected chi connectivity index (χ0v) is 19.6. The fourth-order valence-electron chi connectivity index (χ4n) is 3.85. The summed E-state index contributed by atoms with van der Waals surface area (Å²) in [4.78, 5) is 27.3. The van der Waals surface area contributed by atoms with E-state index in [0.29, 0.717) is 30.2 Å². The van der Waals surface area contributed by atoms with Crippen LogP contribution >= 0.6 is 0 Å². The monoisotopic (exact) mass is 457 g/mol. The first kappa shape index (κ1) is 24.5. The van der Waals surface area contributed by atoms with E-state index < -0.39 is 11.7 Å². The normalized spacial score (nSPS) is 16.7. The fourth-order valence-corrected chi connectivity index (χ4v) is 3.85. The largest absolute Gasteiger partial charge is 0.495 e. The summed E-state index contributed by atoms with van der Waals surface area (Å²) < 4.78 is 24.1. The van der Waals surface area contributed by atoms with Gasteiger partial charge in [-0.1, -0.05) is 12.1 Å². The molecule has 2 aromatic carbocycles. The molecule has 33 heavy (non-hydrogen) atoms. The number of carbonyl (C=O) groups is 2. The minimum atomic E-state index is -0.637. The Labute approximate surface area is 194 Å². The molecule has 2 N–H and O–H groups in total. The summed E-state index contributed by atoms with van der Waals surface area (Å²) in [7, 11) is 1.50. The summed E-state index contributed by atoms with van der Waals surface area (Å²) in [6, 6.07) is 11.6. The van der Waals surface area contributed by atoms with E-state index in [9.17, 15) is 14.0 Å². The number of piperidine rings is 1. The maximum absolute atomic E-state index is 13.5. The highest BCUT2D eigenvalue weighted by Gasteiger charge is 2.26. The van der Waals surface area contributed by atoms with E-state index in [1.54, 1.807) is 45.0 Å². The van der Waals surface area contributed by atoms with Gasteiger partial charge in [-0.2, -0.15) is 0 Å². The third-order valence-electron chi connectivity index (χ3n) is 5.27. The molecule has 1 unspecified atom stereocenters. The van der Waals surface area contributed by atoms with Gasteiger partial charge in [0.15, 0.2) is 0 Å². The molecule has 2 amide bonds. The van der Waals surface area contributed by atoms with Crippen LogP contribution in [0.1, 0.15) is 39.2 Å². The zero-order chi connectivity index (χ0) is 24.0. The second-order valence-electron chi connectivity index (χ2n) is 9.24. The smallest absolute Gasteiger partial charge is 0.412 e. The molecule has 2 aromatic rings.